The van der Waals surface area contributed by atoms with Crippen LogP contribution in [0.25, 0.3) is 139 Å². The molecule has 0 atom stereocenters. The summed E-state index contributed by atoms with van der Waals surface area (Å²) in [5, 5.41) is 6.52. The summed E-state index contributed by atoms with van der Waals surface area (Å²) in [6.45, 7) is 0. The van der Waals surface area contributed by atoms with Crippen molar-refractivity contribution in [3.63, 3.8) is 0 Å². The summed E-state index contributed by atoms with van der Waals surface area (Å²) < 4.78 is 15.9. The molecule has 0 spiro atoms. The van der Waals surface area contributed by atoms with Crippen LogP contribution in [0.3, 0.4) is 0 Å². The zero-order valence-electron chi connectivity index (χ0n) is 37.0. The number of benzene rings is 10. The first kappa shape index (κ1) is 38.8. The summed E-state index contributed by atoms with van der Waals surface area (Å²) in [5.74, 6) is 1.82. The third-order valence-corrected chi connectivity index (χ3v) is 13.5. The van der Waals surface area contributed by atoms with E-state index in [1.807, 2.05) is 48.5 Å². The number of hydrogen-bond acceptors (Lipinski definition) is 5. The fourth-order valence-corrected chi connectivity index (χ4v) is 10.2. The summed E-state index contributed by atoms with van der Waals surface area (Å²) >= 11 is 0. The Balaban J connectivity index is 0.861. The highest BCUT2D eigenvalue weighted by atomic mass is 16.3. The Morgan fingerprint density at radius 2 is 0.841 bits per heavy atom. The monoisotopic (exact) mass is 882 g/mol. The molecule has 0 saturated heterocycles. The minimum atomic E-state index is 0.592. The number of aromatic nitrogens is 4. The van der Waals surface area contributed by atoms with Crippen LogP contribution in [-0.4, -0.2) is 19.5 Å². The molecule has 10 aromatic carbocycles. The lowest BCUT2D eigenvalue weighted by Crippen LogP contribution is -2.00. The van der Waals surface area contributed by atoms with Gasteiger partial charge in [-0.1, -0.05) is 170 Å². The van der Waals surface area contributed by atoms with Gasteiger partial charge in [-0.3, -0.25) is 0 Å². The molecule has 0 aliphatic carbocycles. The van der Waals surface area contributed by atoms with Crippen molar-refractivity contribution in [2.24, 2.45) is 0 Å². The molecule has 6 nitrogen and oxygen atoms in total. The molecule has 14 rings (SSSR count). The maximum absolute atomic E-state index is 6.89. The lowest BCUT2D eigenvalue weighted by molar-refractivity contribution is 0.666. The fourth-order valence-electron chi connectivity index (χ4n) is 10.2. The predicted molar refractivity (Wildman–Crippen MR) is 281 cm³/mol. The van der Waals surface area contributed by atoms with E-state index in [9.17, 15) is 0 Å². The summed E-state index contributed by atoms with van der Waals surface area (Å²) in [4.78, 5) is 15.1. The topological polar surface area (TPSA) is 69.9 Å². The van der Waals surface area contributed by atoms with Crippen molar-refractivity contribution < 1.29 is 8.83 Å². The van der Waals surface area contributed by atoms with Gasteiger partial charge in [0.05, 0.1) is 16.7 Å². The number of furan rings is 2. The second kappa shape index (κ2) is 15.6. The molecule has 4 heterocycles. The first-order chi connectivity index (χ1) is 34.2. The first-order valence-corrected chi connectivity index (χ1v) is 23.2. The van der Waals surface area contributed by atoms with Gasteiger partial charge in [-0.15, -0.1) is 0 Å². The second-order valence-electron chi connectivity index (χ2n) is 17.5. The van der Waals surface area contributed by atoms with E-state index < -0.39 is 0 Å². The average molecular weight is 883 g/mol. The van der Waals surface area contributed by atoms with Gasteiger partial charge < -0.3 is 13.4 Å². The summed E-state index contributed by atoms with van der Waals surface area (Å²) in [7, 11) is 0. The van der Waals surface area contributed by atoms with Crippen LogP contribution < -0.4 is 0 Å². The number of para-hydroxylation sites is 2. The van der Waals surface area contributed by atoms with Crippen molar-refractivity contribution in [3.05, 3.63) is 231 Å². The van der Waals surface area contributed by atoms with Gasteiger partial charge in [-0.25, -0.2) is 15.0 Å². The van der Waals surface area contributed by atoms with E-state index in [2.05, 4.69) is 187 Å². The van der Waals surface area contributed by atoms with Crippen LogP contribution >= 0.6 is 0 Å². The zero-order chi connectivity index (χ0) is 45.4. The Hall–Kier alpha value is -9.39. The molecule has 0 amide bonds. The number of fused-ring (bicyclic) bond motifs is 9. The van der Waals surface area contributed by atoms with Crippen LogP contribution in [0.1, 0.15) is 0 Å². The molecular weight excluding hydrogens is 845 g/mol. The van der Waals surface area contributed by atoms with Gasteiger partial charge in [0.15, 0.2) is 23.1 Å². The summed E-state index contributed by atoms with van der Waals surface area (Å²) in [6, 6.07) is 80.3. The van der Waals surface area contributed by atoms with Crippen LogP contribution in [0, 0.1) is 0 Å². The maximum Gasteiger partial charge on any atom is 0.164 e. The molecule has 0 fully saturated rings. The van der Waals surface area contributed by atoms with E-state index >= 15 is 0 Å². The summed E-state index contributed by atoms with van der Waals surface area (Å²) in [6.07, 6.45) is 0. The first-order valence-electron chi connectivity index (χ1n) is 23.2. The molecule has 0 radical (unpaired) electrons. The fraction of sp³-hybridized carbons (Fsp3) is 0. The Morgan fingerprint density at radius 3 is 1.61 bits per heavy atom. The lowest BCUT2D eigenvalue weighted by atomic mass is 9.98. The van der Waals surface area contributed by atoms with Gasteiger partial charge in [-0.05, 0) is 94.0 Å². The van der Waals surface area contributed by atoms with Crippen molar-refractivity contribution in [1.29, 1.82) is 0 Å². The molecule has 322 valence electrons. The minimum Gasteiger partial charge on any atom is -0.456 e. The van der Waals surface area contributed by atoms with Crippen molar-refractivity contribution in [2.75, 3.05) is 0 Å². The predicted octanol–water partition coefficient (Wildman–Crippen LogP) is 16.8. The van der Waals surface area contributed by atoms with Gasteiger partial charge in [0.2, 0.25) is 0 Å². The van der Waals surface area contributed by atoms with Gasteiger partial charge in [0.25, 0.3) is 0 Å². The molecule has 14 aromatic rings. The number of hydrogen-bond donors (Lipinski definition) is 0. The number of rotatable bonds is 7. The molecule has 69 heavy (non-hydrogen) atoms. The molecular formula is C63H38N4O2. The SMILES string of the molecule is c1ccc(-c2ccc(-c3nc(-c4ccccc4)nc(-c4ccc5oc6cc(-c7cccc8oc9c(-n%10c%11ccccc%11c%11cc(-c%12ccccc%12)ccc%11%10)cccc9c78)ccc6c5c4)n3)cc2)cc1. The van der Waals surface area contributed by atoms with Crippen LogP contribution in [-0.2, 0) is 0 Å². The Bertz CT molecular complexity index is 4290. The van der Waals surface area contributed by atoms with E-state index in [0.717, 1.165) is 99.5 Å². The Kier molecular flexibility index (Phi) is 8.79. The van der Waals surface area contributed by atoms with E-state index in [1.54, 1.807) is 0 Å². The van der Waals surface area contributed by atoms with E-state index in [-0.39, 0.29) is 0 Å². The second-order valence-corrected chi connectivity index (χ2v) is 17.5. The normalized spacial score (nSPS) is 11.8. The van der Waals surface area contributed by atoms with Crippen LogP contribution in [0.5, 0.6) is 0 Å². The molecule has 0 bridgehead atoms. The molecule has 0 aliphatic heterocycles. The molecule has 6 heteroatoms. The highest BCUT2D eigenvalue weighted by molar-refractivity contribution is 6.17. The Labute approximate surface area is 396 Å². The molecule has 0 N–H and O–H groups in total. The third-order valence-electron chi connectivity index (χ3n) is 13.5. The van der Waals surface area contributed by atoms with Gasteiger partial charge in [0, 0.05) is 49.0 Å². The number of nitrogens with zero attached hydrogens (tertiary/aromatic N) is 4. The zero-order valence-corrected chi connectivity index (χ0v) is 37.0. The quantitative estimate of drug-likeness (QED) is 0.159. The van der Waals surface area contributed by atoms with Gasteiger partial charge >= 0.3 is 0 Å². The average Bonchev–Trinajstić information content (AvgIpc) is 4.10. The Morgan fingerprint density at radius 1 is 0.290 bits per heavy atom. The third kappa shape index (κ3) is 6.45. The van der Waals surface area contributed by atoms with Crippen molar-refractivity contribution in [3.8, 4) is 73.2 Å². The summed E-state index contributed by atoms with van der Waals surface area (Å²) in [5.41, 5.74) is 16.0. The van der Waals surface area contributed by atoms with Crippen LogP contribution in [0.2, 0.25) is 0 Å². The minimum absolute atomic E-state index is 0.592. The molecule has 0 unspecified atom stereocenters. The van der Waals surface area contributed by atoms with E-state index in [1.165, 1.54) is 21.9 Å². The smallest absolute Gasteiger partial charge is 0.164 e. The van der Waals surface area contributed by atoms with Gasteiger partial charge in [0.1, 0.15) is 16.7 Å². The standard InChI is InChI=1S/C63H38N4O2/c1-4-14-39(15-5-1)41-26-28-43(29-27-41)62-64-61(42-18-8-3-9-19-42)65-63(66-62)46-32-35-56-52(37-46)49-33-30-45(38-58(49)68-56)47-21-13-25-57-59(47)50-22-12-24-55(60(50)69-57)67-53-23-11-10-20-48(53)51-36-44(31-34-54(51)67)40-16-6-2-7-17-40/h1-38H. The lowest BCUT2D eigenvalue weighted by Gasteiger charge is -2.09. The van der Waals surface area contributed by atoms with E-state index in [4.69, 9.17) is 23.8 Å². The highest BCUT2D eigenvalue weighted by Crippen LogP contribution is 2.43. The van der Waals surface area contributed by atoms with Crippen molar-refractivity contribution in [2.45, 2.75) is 0 Å². The van der Waals surface area contributed by atoms with Crippen molar-refractivity contribution >= 4 is 65.7 Å². The largest absolute Gasteiger partial charge is 0.456 e. The van der Waals surface area contributed by atoms with Crippen LogP contribution in [0.4, 0.5) is 0 Å². The highest BCUT2D eigenvalue weighted by Gasteiger charge is 2.21. The molecule has 4 aromatic heterocycles. The van der Waals surface area contributed by atoms with E-state index in [0.29, 0.717) is 17.5 Å². The van der Waals surface area contributed by atoms with Crippen LogP contribution in [0.15, 0.2) is 239 Å². The molecule has 0 saturated carbocycles. The molecule has 0 aliphatic rings. The van der Waals surface area contributed by atoms with Crippen molar-refractivity contribution in [1.82, 2.24) is 19.5 Å². The van der Waals surface area contributed by atoms with Gasteiger partial charge in [-0.2, -0.15) is 0 Å². The maximum atomic E-state index is 6.89.